The molecule has 0 aliphatic heterocycles. The first-order valence-corrected chi connectivity index (χ1v) is 7.65. The number of rotatable bonds is 2. The van der Waals surface area contributed by atoms with E-state index in [9.17, 15) is 9.59 Å². The summed E-state index contributed by atoms with van der Waals surface area (Å²) in [6.07, 6.45) is 0. The largest absolute Gasteiger partial charge is 0.279 e. The number of benzene rings is 1. The van der Waals surface area contributed by atoms with Crippen LogP contribution in [0.5, 0.6) is 0 Å². The Labute approximate surface area is 137 Å². The van der Waals surface area contributed by atoms with Gasteiger partial charge in [0.1, 0.15) is 0 Å². The summed E-state index contributed by atoms with van der Waals surface area (Å²) in [4.78, 5) is 24.0. The Morgan fingerprint density at radius 3 is 2.30 bits per heavy atom. The molecule has 0 atom stereocenters. The van der Waals surface area contributed by atoms with Gasteiger partial charge in [-0.05, 0) is 46.3 Å². The molecule has 1 aromatic carbocycles. The van der Waals surface area contributed by atoms with E-state index in [1.54, 1.807) is 12.1 Å². The highest BCUT2D eigenvalue weighted by atomic mass is 79.9. The van der Waals surface area contributed by atoms with E-state index in [0.717, 1.165) is 3.79 Å². The molecule has 104 valence electrons. The van der Waals surface area contributed by atoms with Gasteiger partial charge in [0.05, 0.1) is 18.7 Å². The average molecular weight is 394 g/mol. The minimum atomic E-state index is -0.479. The predicted octanol–water partition coefficient (Wildman–Crippen LogP) is 3.89. The van der Waals surface area contributed by atoms with Gasteiger partial charge in [-0.2, -0.15) is 0 Å². The van der Waals surface area contributed by atoms with E-state index in [0.29, 0.717) is 15.5 Å². The quantitative estimate of drug-likeness (QED) is 0.760. The molecule has 2 rings (SSSR count). The smallest absolute Gasteiger partial charge is 0.267 e. The van der Waals surface area contributed by atoms with Crippen molar-refractivity contribution < 1.29 is 9.59 Å². The molecule has 0 aliphatic carbocycles. The minimum absolute atomic E-state index is 0.271. The summed E-state index contributed by atoms with van der Waals surface area (Å²) in [5.41, 5.74) is 4.92. The van der Waals surface area contributed by atoms with Crippen LogP contribution in [-0.4, -0.2) is 11.8 Å². The maximum atomic E-state index is 11.8. The Hall–Kier alpha value is -1.08. The first-order chi connectivity index (χ1) is 9.47. The summed E-state index contributed by atoms with van der Waals surface area (Å²) >= 11 is 16.1. The second-order valence-corrected chi connectivity index (χ2v) is 6.92. The molecule has 0 unspecified atom stereocenters. The number of nitrogens with one attached hydrogen (secondary N) is 2. The molecule has 0 fully saturated rings. The molecule has 2 amide bonds. The number of thiophene rings is 1. The first-order valence-electron chi connectivity index (χ1n) is 5.28. The van der Waals surface area contributed by atoms with Crippen LogP contribution in [0.1, 0.15) is 20.0 Å². The number of hydrazine groups is 1. The molecule has 0 aliphatic rings. The van der Waals surface area contributed by atoms with Crippen molar-refractivity contribution in [2.45, 2.75) is 0 Å². The van der Waals surface area contributed by atoms with E-state index in [2.05, 4.69) is 26.8 Å². The highest BCUT2D eigenvalue weighted by molar-refractivity contribution is 9.11. The van der Waals surface area contributed by atoms with E-state index < -0.39 is 11.8 Å². The van der Waals surface area contributed by atoms with Gasteiger partial charge >= 0.3 is 0 Å². The molecule has 20 heavy (non-hydrogen) atoms. The lowest BCUT2D eigenvalue weighted by atomic mass is 10.2. The van der Waals surface area contributed by atoms with Crippen molar-refractivity contribution in [2.75, 3.05) is 0 Å². The van der Waals surface area contributed by atoms with Gasteiger partial charge in [-0.1, -0.05) is 23.2 Å². The zero-order valence-corrected chi connectivity index (χ0v) is 13.7. The monoisotopic (exact) mass is 392 g/mol. The van der Waals surface area contributed by atoms with E-state index in [1.165, 1.54) is 29.5 Å². The van der Waals surface area contributed by atoms with E-state index in [-0.39, 0.29) is 5.02 Å². The van der Waals surface area contributed by atoms with Crippen LogP contribution in [0.25, 0.3) is 0 Å². The first kappa shape index (κ1) is 15.3. The topological polar surface area (TPSA) is 58.2 Å². The third kappa shape index (κ3) is 3.73. The number of carbonyl (C=O) groups excluding carboxylic acids is 2. The number of halogens is 3. The number of amides is 2. The lowest BCUT2D eigenvalue weighted by Gasteiger charge is -2.06. The van der Waals surface area contributed by atoms with E-state index >= 15 is 0 Å². The highest BCUT2D eigenvalue weighted by Crippen LogP contribution is 2.23. The summed E-state index contributed by atoms with van der Waals surface area (Å²) in [5, 5.41) is 0.628. The second-order valence-electron chi connectivity index (χ2n) is 3.64. The molecule has 8 heteroatoms. The van der Waals surface area contributed by atoms with Gasteiger partial charge in [0.15, 0.2) is 0 Å². The molecular weight excluding hydrogens is 387 g/mol. The van der Waals surface area contributed by atoms with Crippen molar-refractivity contribution >= 4 is 62.3 Å². The van der Waals surface area contributed by atoms with Crippen molar-refractivity contribution in [3.63, 3.8) is 0 Å². The SMILES string of the molecule is O=C(NNC(=O)c1ccc(Br)s1)c1ccc(Cl)c(Cl)c1. The summed E-state index contributed by atoms with van der Waals surface area (Å²) in [6.45, 7) is 0. The fourth-order valence-corrected chi connectivity index (χ4v) is 2.90. The fraction of sp³-hybridized carbons (Fsp3) is 0. The van der Waals surface area contributed by atoms with Gasteiger partial charge in [0, 0.05) is 5.56 Å². The molecule has 0 radical (unpaired) electrons. The normalized spacial score (nSPS) is 10.2. The standard InChI is InChI=1S/C12H7BrCl2N2O2S/c13-10-4-3-9(20-10)12(19)17-16-11(18)6-1-2-7(14)8(15)5-6/h1-5H,(H,16,18)(H,17,19). The van der Waals surface area contributed by atoms with Gasteiger partial charge in [-0.15, -0.1) is 11.3 Å². The summed E-state index contributed by atoms with van der Waals surface area (Å²) < 4.78 is 0.832. The van der Waals surface area contributed by atoms with Crippen LogP contribution in [0, 0.1) is 0 Å². The van der Waals surface area contributed by atoms with Crippen LogP contribution in [0.15, 0.2) is 34.1 Å². The van der Waals surface area contributed by atoms with Crippen molar-refractivity contribution in [1.29, 1.82) is 0 Å². The Kier molecular flexibility index (Phi) is 5.04. The van der Waals surface area contributed by atoms with Gasteiger partial charge in [0.2, 0.25) is 0 Å². The third-order valence-corrected chi connectivity index (χ3v) is 4.63. The van der Waals surface area contributed by atoms with Crippen LogP contribution >= 0.6 is 50.5 Å². The molecule has 2 N–H and O–H groups in total. The van der Waals surface area contributed by atoms with Crippen molar-refractivity contribution in [1.82, 2.24) is 10.9 Å². The molecule has 0 bridgehead atoms. The molecule has 2 aromatic rings. The van der Waals surface area contributed by atoms with Crippen LogP contribution in [0.2, 0.25) is 10.0 Å². The van der Waals surface area contributed by atoms with Crippen molar-refractivity contribution in [2.24, 2.45) is 0 Å². The fourth-order valence-electron chi connectivity index (χ4n) is 1.32. The Bertz CT molecular complexity index is 675. The van der Waals surface area contributed by atoms with E-state index in [4.69, 9.17) is 23.2 Å². The van der Waals surface area contributed by atoms with Crippen LogP contribution in [-0.2, 0) is 0 Å². The lowest BCUT2D eigenvalue weighted by Crippen LogP contribution is -2.41. The Morgan fingerprint density at radius 2 is 1.70 bits per heavy atom. The third-order valence-electron chi connectivity index (χ3n) is 2.27. The van der Waals surface area contributed by atoms with Gasteiger partial charge in [-0.3, -0.25) is 20.4 Å². The van der Waals surface area contributed by atoms with Crippen molar-refractivity contribution in [3.05, 3.63) is 54.6 Å². The Morgan fingerprint density at radius 1 is 1.00 bits per heavy atom. The summed E-state index contributed by atoms with van der Waals surface area (Å²) in [5.74, 6) is -0.873. The second kappa shape index (κ2) is 6.58. The maximum absolute atomic E-state index is 11.8. The van der Waals surface area contributed by atoms with Crippen molar-refractivity contribution in [3.8, 4) is 0 Å². The number of carbonyl (C=O) groups is 2. The average Bonchev–Trinajstić information content (AvgIpc) is 2.85. The van der Waals surface area contributed by atoms with Crippen LogP contribution in [0.3, 0.4) is 0 Å². The molecular formula is C12H7BrCl2N2O2S. The molecule has 1 heterocycles. The molecule has 0 saturated heterocycles. The zero-order chi connectivity index (χ0) is 14.7. The Balaban J connectivity index is 1.98. The van der Waals surface area contributed by atoms with E-state index in [1.807, 2.05) is 0 Å². The van der Waals surface area contributed by atoms with Crippen LogP contribution < -0.4 is 10.9 Å². The summed E-state index contributed by atoms with van der Waals surface area (Å²) in [6, 6.07) is 7.84. The van der Waals surface area contributed by atoms with Gasteiger partial charge in [0.25, 0.3) is 11.8 Å². The predicted molar refractivity (Wildman–Crippen MR) is 83.4 cm³/mol. The van der Waals surface area contributed by atoms with Gasteiger partial charge < -0.3 is 0 Å². The molecule has 0 spiro atoms. The van der Waals surface area contributed by atoms with Crippen LogP contribution in [0.4, 0.5) is 0 Å². The highest BCUT2D eigenvalue weighted by Gasteiger charge is 2.11. The summed E-state index contributed by atoms with van der Waals surface area (Å²) in [7, 11) is 0. The zero-order valence-electron chi connectivity index (χ0n) is 9.75. The maximum Gasteiger partial charge on any atom is 0.279 e. The molecule has 0 saturated carbocycles. The number of hydrogen-bond donors (Lipinski definition) is 2. The molecule has 4 nitrogen and oxygen atoms in total. The van der Waals surface area contributed by atoms with Gasteiger partial charge in [-0.25, -0.2) is 0 Å². The number of hydrogen-bond acceptors (Lipinski definition) is 3. The molecule has 1 aromatic heterocycles. The lowest BCUT2D eigenvalue weighted by molar-refractivity contribution is 0.0849. The minimum Gasteiger partial charge on any atom is -0.267 e.